The molecule has 1 atom stereocenters. The van der Waals surface area contributed by atoms with Crippen LogP contribution in [0.3, 0.4) is 0 Å². The van der Waals surface area contributed by atoms with E-state index in [9.17, 15) is 13.5 Å². The molecule has 1 unspecified atom stereocenters. The molecular weight excluding hydrogens is 264 g/mol. The first-order valence-electron chi connectivity index (χ1n) is 6.12. The van der Waals surface area contributed by atoms with Gasteiger partial charge in [0, 0.05) is 6.42 Å². The van der Waals surface area contributed by atoms with Gasteiger partial charge in [-0.3, -0.25) is 0 Å². The smallest absolute Gasteiger partial charge is 0.212 e. The molecule has 0 spiro atoms. The molecule has 0 aliphatic carbocycles. The third-order valence-electron chi connectivity index (χ3n) is 2.66. The molecule has 0 bridgehead atoms. The molecular formula is C13H18N2O3S. The number of hydrogen-bond donors (Lipinski definition) is 2. The van der Waals surface area contributed by atoms with Crippen LogP contribution in [0.15, 0.2) is 30.3 Å². The average molecular weight is 282 g/mol. The Hall–Kier alpha value is -1.42. The Morgan fingerprint density at radius 2 is 1.95 bits per heavy atom. The van der Waals surface area contributed by atoms with Crippen molar-refractivity contribution in [3.63, 3.8) is 0 Å². The van der Waals surface area contributed by atoms with Crippen molar-refractivity contribution in [2.45, 2.75) is 25.3 Å². The summed E-state index contributed by atoms with van der Waals surface area (Å²) in [7, 11) is -3.44. The second-order valence-electron chi connectivity index (χ2n) is 4.20. The van der Waals surface area contributed by atoms with E-state index < -0.39 is 16.1 Å². The molecule has 104 valence electrons. The van der Waals surface area contributed by atoms with Gasteiger partial charge in [-0.05, 0) is 18.4 Å². The highest BCUT2D eigenvalue weighted by Crippen LogP contribution is 2.13. The van der Waals surface area contributed by atoms with Crippen molar-refractivity contribution in [3.8, 4) is 6.07 Å². The van der Waals surface area contributed by atoms with Crippen LogP contribution in [0.1, 0.15) is 30.9 Å². The lowest BCUT2D eigenvalue weighted by atomic mass is 10.1. The van der Waals surface area contributed by atoms with E-state index in [1.54, 1.807) is 24.3 Å². The molecule has 5 nitrogen and oxygen atoms in total. The lowest BCUT2D eigenvalue weighted by molar-refractivity contribution is 0.259. The van der Waals surface area contributed by atoms with Gasteiger partial charge in [0.2, 0.25) is 10.0 Å². The minimum Gasteiger partial charge on any atom is -0.394 e. The number of hydrogen-bond acceptors (Lipinski definition) is 4. The summed E-state index contributed by atoms with van der Waals surface area (Å²) in [6, 6.07) is 10.3. The molecule has 0 aromatic heterocycles. The van der Waals surface area contributed by atoms with Gasteiger partial charge in [-0.15, -0.1) is 0 Å². The van der Waals surface area contributed by atoms with E-state index in [-0.39, 0.29) is 12.4 Å². The second-order valence-corrected chi connectivity index (χ2v) is 6.07. The van der Waals surface area contributed by atoms with Crippen LogP contribution in [0.25, 0.3) is 0 Å². The molecule has 0 heterocycles. The summed E-state index contributed by atoms with van der Waals surface area (Å²) < 4.78 is 26.1. The minimum atomic E-state index is -3.44. The van der Waals surface area contributed by atoms with Crippen LogP contribution in [-0.2, 0) is 10.0 Å². The maximum absolute atomic E-state index is 11.8. The summed E-state index contributed by atoms with van der Waals surface area (Å²) in [5.74, 6) is -0.0297. The molecule has 1 aromatic rings. The van der Waals surface area contributed by atoms with Gasteiger partial charge in [0.1, 0.15) is 0 Å². The van der Waals surface area contributed by atoms with Gasteiger partial charge < -0.3 is 5.11 Å². The number of unbranched alkanes of at least 4 members (excludes halogenated alkanes) is 2. The second kappa shape index (κ2) is 7.89. The molecule has 0 fully saturated rings. The Morgan fingerprint density at radius 1 is 1.26 bits per heavy atom. The highest BCUT2D eigenvalue weighted by Gasteiger charge is 2.18. The van der Waals surface area contributed by atoms with Crippen LogP contribution in [0, 0.1) is 11.3 Å². The maximum atomic E-state index is 11.8. The van der Waals surface area contributed by atoms with E-state index in [4.69, 9.17) is 5.26 Å². The zero-order valence-electron chi connectivity index (χ0n) is 10.6. The lowest BCUT2D eigenvalue weighted by Gasteiger charge is -2.16. The van der Waals surface area contributed by atoms with Crippen molar-refractivity contribution >= 4 is 10.0 Å². The SMILES string of the molecule is N#CCCCCS(=O)(=O)NC(CO)c1ccccc1. The van der Waals surface area contributed by atoms with Crippen molar-refractivity contribution in [2.75, 3.05) is 12.4 Å². The molecule has 0 saturated heterocycles. The van der Waals surface area contributed by atoms with E-state index in [0.29, 0.717) is 19.3 Å². The normalized spacial score (nSPS) is 12.8. The van der Waals surface area contributed by atoms with Crippen LogP contribution >= 0.6 is 0 Å². The molecule has 6 heteroatoms. The van der Waals surface area contributed by atoms with Gasteiger partial charge in [0.15, 0.2) is 0 Å². The first-order chi connectivity index (χ1) is 9.09. The Balaban J connectivity index is 2.58. The van der Waals surface area contributed by atoms with Crippen molar-refractivity contribution < 1.29 is 13.5 Å². The van der Waals surface area contributed by atoms with Gasteiger partial charge in [-0.1, -0.05) is 30.3 Å². The number of aliphatic hydroxyl groups excluding tert-OH is 1. The third-order valence-corrected chi connectivity index (χ3v) is 4.13. The maximum Gasteiger partial charge on any atom is 0.212 e. The van der Waals surface area contributed by atoms with Gasteiger partial charge in [-0.2, -0.15) is 5.26 Å². The van der Waals surface area contributed by atoms with Crippen molar-refractivity contribution in [2.24, 2.45) is 0 Å². The molecule has 0 amide bonds. The Labute approximate surface area is 113 Å². The summed E-state index contributed by atoms with van der Waals surface area (Å²) in [5, 5.41) is 17.7. The van der Waals surface area contributed by atoms with Crippen molar-refractivity contribution in [1.29, 1.82) is 5.26 Å². The summed E-state index contributed by atoms with van der Waals surface area (Å²) in [6.07, 6.45) is 1.36. The van der Waals surface area contributed by atoms with E-state index in [2.05, 4.69) is 4.72 Å². The number of sulfonamides is 1. The number of aliphatic hydroxyl groups is 1. The fraction of sp³-hybridized carbons (Fsp3) is 0.462. The van der Waals surface area contributed by atoms with E-state index in [1.165, 1.54) is 0 Å². The molecule has 0 aliphatic heterocycles. The summed E-state index contributed by atoms with van der Waals surface area (Å²) >= 11 is 0. The van der Waals surface area contributed by atoms with Crippen molar-refractivity contribution in [1.82, 2.24) is 4.72 Å². The third kappa shape index (κ3) is 5.83. The predicted octanol–water partition coefficient (Wildman–Crippen LogP) is 1.33. The van der Waals surface area contributed by atoms with Crippen LogP contribution in [0.4, 0.5) is 0 Å². The van der Waals surface area contributed by atoms with Gasteiger partial charge in [-0.25, -0.2) is 13.1 Å². The fourth-order valence-electron chi connectivity index (χ4n) is 1.67. The summed E-state index contributed by atoms with van der Waals surface area (Å²) in [4.78, 5) is 0. The lowest BCUT2D eigenvalue weighted by Crippen LogP contribution is -2.32. The number of benzene rings is 1. The molecule has 1 aromatic carbocycles. The molecule has 0 radical (unpaired) electrons. The monoisotopic (exact) mass is 282 g/mol. The zero-order chi connectivity index (χ0) is 14.1. The van der Waals surface area contributed by atoms with E-state index >= 15 is 0 Å². The standard InChI is InChI=1S/C13H18N2O3S/c14-9-5-2-6-10-19(17,18)15-13(11-16)12-7-3-1-4-8-12/h1,3-4,7-8,13,15-16H,2,5-6,10-11H2. The van der Waals surface area contributed by atoms with Crippen molar-refractivity contribution in [3.05, 3.63) is 35.9 Å². The number of nitrogens with one attached hydrogen (secondary N) is 1. The first kappa shape index (κ1) is 15.6. The Morgan fingerprint density at radius 3 is 2.53 bits per heavy atom. The zero-order valence-corrected chi connectivity index (χ0v) is 11.4. The minimum absolute atomic E-state index is 0.0297. The van der Waals surface area contributed by atoms with Crippen LogP contribution in [-0.4, -0.2) is 25.9 Å². The molecule has 19 heavy (non-hydrogen) atoms. The van der Waals surface area contributed by atoms with Gasteiger partial charge >= 0.3 is 0 Å². The molecule has 0 aliphatic rings. The molecule has 1 rings (SSSR count). The van der Waals surface area contributed by atoms with E-state index in [0.717, 1.165) is 5.56 Å². The topological polar surface area (TPSA) is 90.2 Å². The molecule has 0 saturated carbocycles. The average Bonchev–Trinajstić information content (AvgIpc) is 2.42. The highest BCUT2D eigenvalue weighted by atomic mass is 32.2. The number of rotatable bonds is 8. The van der Waals surface area contributed by atoms with E-state index in [1.807, 2.05) is 12.1 Å². The fourth-order valence-corrected chi connectivity index (χ4v) is 3.01. The summed E-state index contributed by atoms with van der Waals surface area (Å²) in [5.41, 5.74) is 0.727. The largest absolute Gasteiger partial charge is 0.394 e. The quantitative estimate of drug-likeness (QED) is 0.704. The van der Waals surface area contributed by atoms with Gasteiger partial charge in [0.25, 0.3) is 0 Å². The van der Waals surface area contributed by atoms with Gasteiger partial charge in [0.05, 0.1) is 24.5 Å². The Bertz CT molecular complexity index is 508. The van der Waals surface area contributed by atoms with Crippen LogP contribution < -0.4 is 4.72 Å². The van der Waals surface area contributed by atoms with Crippen LogP contribution in [0.2, 0.25) is 0 Å². The number of nitriles is 1. The summed E-state index contributed by atoms with van der Waals surface area (Å²) in [6.45, 7) is -0.290. The Kier molecular flexibility index (Phi) is 6.50. The number of nitrogens with zero attached hydrogens (tertiary/aromatic N) is 1. The molecule has 2 N–H and O–H groups in total. The predicted molar refractivity (Wildman–Crippen MR) is 72.7 cm³/mol. The highest BCUT2D eigenvalue weighted by molar-refractivity contribution is 7.89. The first-order valence-corrected chi connectivity index (χ1v) is 7.77. The van der Waals surface area contributed by atoms with Crippen LogP contribution in [0.5, 0.6) is 0 Å².